The van der Waals surface area contributed by atoms with Gasteiger partial charge in [0.05, 0.1) is 0 Å². The van der Waals surface area contributed by atoms with Crippen molar-refractivity contribution in [1.29, 1.82) is 0 Å². The first-order valence-corrected chi connectivity index (χ1v) is 7.65. The van der Waals surface area contributed by atoms with Gasteiger partial charge in [0.15, 0.2) is 0 Å². The van der Waals surface area contributed by atoms with E-state index in [4.69, 9.17) is 0 Å². The van der Waals surface area contributed by atoms with Crippen LogP contribution in [0.2, 0.25) is 0 Å². The molecule has 2 aromatic rings. The molecule has 2 aromatic carbocycles. The van der Waals surface area contributed by atoms with Gasteiger partial charge in [0.2, 0.25) is 0 Å². The van der Waals surface area contributed by atoms with Crippen molar-refractivity contribution in [3.05, 3.63) is 59.7 Å². The minimum Gasteiger partial charge on any atom is -0.310 e. The van der Waals surface area contributed by atoms with E-state index in [-0.39, 0.29) is 0 Å². The molecule has 1 N–H and O–H groups in total. The Bertz CT molecular complexity index is 547. The van der Waals surface area contributed by atoms with Crippen molar-refractivity contribution in [3.8, 4) is 11.1 Å². The lowest BCUT2D eigenvalue weighted by atomic mass is 9.98. The molecule has 3 rings (SSSR count). The SMILES string of the molecule is CC(C)c1ccc(-c2ccc(CNC3CC3)cc2)cc1. The quantitative estimate of drug-likeness (QED) is 0.824. The molecule has 0 aliphatic heterocycles. The van der Waals surface area contributed by atoms with E-state index in [2.05, 4.69) is 67.7 Å². The fraction of sp³-hybridized carbons (Fsp3) is 0.368. The van der Waals surface area contributed by atoms with Gasteiger partial charge in [0, 0.05) is 12.6 Å². The lowest BCUT2D eigenvalue weighted by Gasteiger charge is -2.08. The van der Waals surface area contributed by atoms with Gasteiger partial charge in [0.1, 0.15) is 0 Å². The van der Waals surface area contributed by atoms with E-state index in [1.54, 1.807) is 0 Å². The van der Waals surface area contributed by atoms with E-state index >= 15 is 0 Å². The van der Waals surface area contributed by atoms with Crippen molar-refractivity contribution in [1.82, 2.24) is 5.32 Å². The second-order valence-electron chi connectivity index (χ2n) is 6.13. The Morgan fingerprint density at radius 1 is 0.900 bits per heavy atom. The summed E-state index contributed by atoms with van der Waals surface area (Å²) in [5.74, 6) is 0.597. The van der Waals surface area contributed by atoms with Crippen molar-refractivity contribution in [3.63, 3.8) is 0 Å². The van der Waals surface area contributed by atoms with E-state index in [0.29, 0.717) is 5.92 Å². The summed E-state index contributed by atoms with van der Waals surface area (Å²) in [6.45, 7) is 5.46. The zero-order valence-electron chi connectivity index (χ0n) is 12.4. The van der Waals surface area contributed by atoms with Crippen molar-refractivity contribution in [2.75, 3.05) is 0 Å². The molecule has 0 unspecified atom stereocenters. The maximum absolute atomic E-state index is 3.55. The van der Waals surface area contributed by atoms with Crippen molar-refractivity contribution < 1.29 is 0 Å². The number of benzene rings is 2. The standard InChI is InChI=1S/C19H23N/c1-14(2)16-7-9-18(10-8-16)17-5-3-15(4-6-17)13-20-19-11-12-19/h3-10,14,19-20H,11-13H2,1-2H3. The third kappa shape index (κ3) is 3.29. The molecule has 104 valence electrons. The molecule has 0 spiro atoms. The lowest BCUT2D eigenvalue weighted by Crippen LogP contribution is -2.14. The molecule has 1 aliphatic rings. The maximum atomic E-state index is 3.55. The molecular formula is C19H23N. The Labute approximate surface area is 122 Å². The van der Waals surface area contributed by atoms with Crippen molar-refractivity contribution >= 4 is 0 Å². The molecule has 0 saturated heterocycles. The van der Waals surface area contributed by atoms with Crippen molar-refractivity contribution in [2.45, 2.75) is 45.2 Å². The molecule has 1 heteroatoms. The van der Waals surface area contributed by atoms with Crippen LogP contribution < -0.4 is 5.32 Å². The van der Waals surface area contributed by atoms with Gasteiger partial charge >= 0.3 is 0 Å². The first kappa shape index (κ1) is 13.4. The molecular weight excluding hydrogens is 242 g/mol. The Morgan fingerprint density at radius 2 is 1.45 bits per heavy atom. The molecule has 1 saturated carbocycles. The fourth-order valence-corrected chi connectivity index (χ4v) is 2.43. The van der Waals surface area contributed by atoms with Gasteiger partial charge in [-0.15, -0.1) is 0 Å². The van der Waals surface area contributed by atoms with Gasteiger partial charge < -0.3 is 5.32 Å². The zero-order valence-corrected chi connectivity index (χ0v) is 12.4. The largest absolute Gasteiger partial charge is 0.310 e. The van der Waals surface area contributed by atoms with Crippen LogP contribution in [0.1, 0.15) is 43.7 Å². The van der Waals surface area contributed by atoms with Gasteiger partial charge in [0.25, 0.3) is 0 Å². The Balaban J connectivity index is 1.69. The highest BCUT2D eigenvalue weighted by atomic mass is 14.9. The summed E-state index contributed by atoms with van der Waals surface area (Å²) < 4.78 is 0. The first-order chi connectivity index (χ1) is 9.72. The van der Waals surface area contributed by atoms with Crippen LogP contribution in [0.5, 0.6) is 0 Å². The molecule has 1 fully saturated rings. The van der Waals surface area contributed by atoms with E-state index < -0.39 is 0 Å². The predicted molar refractivity (Wildman–Crippen MR) is 85.8 cm³/mol. The predicted octanol–water partition coefficient (Wildman–Crippen LogP) is 4.73. The van der Waals surface area contributed by atoms with Crippen molar-refractivity contribution in [2.24, 2.45) is 0 Å². The van der Waals surface area contributed by atoms with E-state index in [0.717, 1.165) is 12.6 Å². The fourth-order valence-electron chi connectivity index (χ4n) is 2.43. The molecule has 1 nitrogen and oxygen atoms in total. The normalized spacial score (nSPS) is 14.8. The Morgan fingerprint density at radius 3 is 1.95 bits per heavy atom. The highest BCUT2D eigenvalue weighted by molar-refractivity contribution is 5.64. The van der Waals surface area contributed by atoms with Gasteiger partial charge in [-0.25, -0.2) is 0 Å². The molecule has 1 aliphatic carbocycles. The molecule has 0 aromatic heterocycles. The van der Waals surface area contributed by atoms with Crippen LogP contribution in [0.15, 0.2) is 48.5 Å². The summed E-state index contributed by atoms with van der Waals surface area (Å²) in [6.07, 6.45) is 2.70. The first-order valence-electron chi connectivity index (χ1n) is 7.65. The summed E-state index contributed by atoms with van der Waals surface area (Å²) in [6, 6.07) is 18.6. The third-order valence-corrected chi connectivity index (χ3v) is 4.04. The van der Waals surface area contributed by atoms with Crippen LogP contribution in [-0.4, -0.2) is 6.04 Å². The average molecular weight is 265 g/mol. The van der Waals surface area contributed by atoms with Gasteiger partial charge in [-0.1, -0.05) is 62.4 Å². The van der Waals surface area contributed by atoms with Crippen LogP contribution in [-0.2, 0) is 6.54 Å². The second-order valence-corrected chi connectivity index (χ2v) is 6.13. The molecule has 0 amide bonds. The summed E-state index contributed by atoms with van der Waals surface area (Å²) >= 11 is 0. The minimum absolute atomic E-state index is 0.597. The highest BCUT2D eigenvalue weighted by Gasteiger charge is 2.19. The number of hydrogen-bond donors (Lipinski definition) is 1. The van der Waals surface area contributed by atoms with Crippen LogP contribution in [0, 0.1) is 0 Å². The second kappa shape index (κ2) is 5.80. The minimum atomic E-state index is 0.597. The zero-order chi connectivity index (χ0) is 13.9. The van der Waals surface area contributed by atoms with E-state index in [9.17, 15) is 0 Å². The van der Waals surface area contributed by atoms with Gasteiger partial charge in [-0.2, -0.15) is 0 Å². The third-order valence-electron chi connectivity index (χ3n) is 4.04. The molecule has 0 heterocycles. The smallest absolute Gasteiger partial charge is 0.0208 e. The topological polar surface area (TPSA) is 12.0 Å². The van der Waals surface area contributed by atoms with E-state index in [1.807, 2.05) is 0 Å². The van der Waals surface area contributed by atoms with Crippen LogP contribution >= 0.6 is 0 Å². The molecule has 20 heavy (non-hydrogen) atoms. The summed E-state index contributed by atoms with van der Waals surface area (Å²) in [4.78, 5) is 0. The lowest BCUT2D eigenvalue weighted by molar-refractivity contribution is 0.688. The summed E-state index contributed by atoms with van der Waals surface area (Å²) in [5, 5.41) is 3.55. The summed E-state index contributed by atoms with van der Waals surface area (Å²) in [7, 11) is 0. The summed E-state index contributed by atoms with van der Waals surface area (Å²) in [5.41, 5.74) is 5.38. The Hall–Kier alpha value is -1.60. The van der Waals surface area contributed by atoms with Crippen LogP contribution in [0.25, 0.3) is 11.1 Å². The Kier molecular flexibility index (Phi) is 3.88. The van der Waals surface area contributed by atoms with Crippen LogP contribution in [0.4, 0.5) is 0 Å². The van der Waals surface area contributed by atoms with E-state index in [1.165, 1.54) is 35.1 Å². The maximum Gasteiger partial charge on any atom is 0.0208 e. The number of rotatable bonds is 5. The van der Waals surface area contributed by atoms with Gasteiger partial charge in [-0.05, 0) is 41.0 Å². The highest BCUT2D eigenvalue weighted by Crippen LogP contribution is 2.23. The monoisotopic (exact) mass is 265 g/mol. The van der Waals surface area contributed by atoms with Gasteiger partial charge in [-0.3, -0.25) is 0 Å². The number of hydrogen-bond acceptors (Lipinski definition) is 1. The average Bonchev–Trinajstić information content (AvgIpc) is 3.30. The van der Waals surface area contributed by atoms with Crippen LogP contribution in [0.3, 0.4) is 0 Å². The molecule has 0 bridgehead atoms. The molecule has 0 radical (unpaired) electrons. The molecule has 0 atom stereocenters. The number of nitrogens with one attached hydrogen (secondary N) is 1.